The van der Waals surface area contributed by atoms with Gasteiger partial charge in [-0.15, -0.1) is 0 Å². The lowest BCUT2D eigenvalue weighted by molar-refractivity contribution is -0.146. The highest BCUT2D eigenvalue weighted by molar-refractivity contribution is 5.76. The molecule has 4 nitrogen and oxygen atoms in total. The largest absolute Gasteiger partial charge is 0.462 e. The number of carbonyl (C=O) groups is 1. The Morgan fingerprint density at radius 1 is 1.19 bits per heavy atom. The number of esters is 1. The zero-order valence-corrected chi connectivity index (χ0v) is 16.9. The van der Waals surface area contributed by atoms with Crippen LogP contribution in [0.1, 0.15) is 66.2 Å². The molecule has 4 heteroatoms. The SMILES string of the molecule is C[C@H]1CCC[C@]2(C)C[C@H]3OC(=O)[C@@H](CN4CCCC(C)(C)C4)[C@H]3[C@H]3O[C@]312. The number of hydrogen-bond donors (Lipinski definition) is 0. The van der Waals surface area contributed by atoms with E-state index in [-0.39, 0.29) is 41.0 Å². The minimum Gasteiger partial charge on any atom is -0.462 e. The third-order valence-electron chi connectivity index (χ3n) is 8.63. The van der Waals surface area contributed by atoms with E-state index >= 15 is 0 Å². The van der Waals surface area contributed by atoms with E-state index in [4.69, 9.17) is 9.47 Å². The Morgan fingerprint density at radius 3 is 2.77 bits per heavy atom. The number of hydrogen-bond acceptors (Lipinski definition) is 4. The molecule has 5 rings (SSSR count). The van der Waals surface area contributed by atoms with Gasteiger partial charge in [0.1, 0.15) is 11.7 Å². The van der Waals surface area contributed by atoms with Crippen LogP contribution < -0.4 is 0 Å². The van der Waals surface area contributed by atoms with Gasteiger partial charge in [-0.25, -0.2) is 0 Å². The van der Waals surface area contributed by atoms with Crippen LogP contribution in [0.5, 0.6) is 0 Å². The summed E-state index contributed by atoms with van der Waals surface area (Å²) in [5.41, 5.74) is 0.582. The Morgan fingerprint density at radius 2 is 2.00 bits per heavy atom. The summed E-state index contributed by atoms with van der Waals surface area (Å²) in [6.45, 7) is 12.6. The van der Waals surface area contributed by atoms with Crippen molar-refractivity contribution in [2.75, 3.05) is 19.6 Å². The maximum absolute atomic E-state index is 12.8. The summed E-state index contributed by atoms with van der Waals surface area (Å²) in [7, 11) is 0. The van der Waals surface area contributed by atoms with Crippen LogP contribution in [0.3, 0.4) is 0 Å². The fraction of sp³-hybridized carbons (Fsp3) is 0.955. The molecule has 1 spiro atoms. The van der Waals surface area contributed by atoms with Crippen LogP contribution in [0.2, 0.25) is 0 Å². The van der Waals surface area contributed by atoms with Crippen molar-refractivity contribution in [3.8, 4) is 0 Å². The third-order valence-corrected chi connectivity index (χ3v) is 8.63. The zero-order valence-electron chi connectivity index (χ0n) is 16.9. The number of fused-ring (bicyclic) bond motifs is 2. The molecule has 5 fully saturated rings. The lowest BCUT2D eigenvalue weighted by Gasteiger charge is -2.49. The smallest absolute Gasteiger partial charge is 0.311 e. The molecular formula is C22H35NO3. The molecular weight excluding hydrogens is 326 g/mol. The minimum atomic E-state index is 0.0111. The van der Waals surface area contributed by atoms with Crippen molar-refractivity contribution in [2.24, 2.45) is 28.6 Å². The lowest BCUT2D eigenvalue weighted by Crippen LogP contribution is -2.55. The number of epoxide rings is 1. The van der Waals surface area contributed by atoms with Crippen LogP contribution in [-0.2, 0) is 14.3 Å². The highest BCUT2D eigenvalue weighted by Gasteiger charge is 2.78. The molecule has 7 atom stereocenters. The first kappa shape index (κ1) is 17.5. The van der Waals surface area contributed by atoms with Crippen LogP contribution in [0, 0.1) is 28.6 Å². The molecule has 3 heterocycles. The van der Waals surface area contributed by atoms with E-state index in [0.717, 1.165) is 26.1 Å². The predicted molar refractivity (Wildman–Crippen MR) is 99.7 cm³/mol. The molecule has 0 aromatic heterocycles. The second kappa shape index (κ2) is 5.47. The van der Waals surface area contributed by atoms with E-state index in [0.29, 0.717) is 11.3 Å². The Labute approximate surface area is 158 Å². The summed E-state index contributed by atoms with van der Waals surface area (Å²) in [5.74, 6) is 0.944. The average molecular weight is 362 g/mol. The van der Waals surface area contributed by atoms with E-state index in [1.165, 1.54) is 32.1 Å². The highest BCUT2D eigenvalue weighted by Crippen LogP contribution is 2.70. The summed E-state index contributed by atoms with van der Waals surface area (Å²) in [6.07, 6.45) is 7.64. The number of nitrogens with zero attached hydrogens (tertiary/aromatic N) is 1. The van der Waals surface area contributed by atoms with Crippen LogP contribution >= 0.6 is 0 Å². The van der Waals surface area contributed by atoms with Crippen molar-refractivity contribution >= 4 is 5.97 Å². The maximum Gasteiger partial charge on any atom is 0.311 e. The summed E-state index contributed by atoms with van der Waals surface area (Å²) >= 11 is 0. The molecule has 3 aliphatic heterocycles. The van der Waals surface area contributed by atoms with Gasteiger partial charge in [-0.3, -0.25) is 4.79 Å². The van der Waals surface area contributed by atoms with E-state index in [2.05, 4.69) is 32.6 Å². The first-order valence-electron chi connectivity index (χ1n) is 10.9. The Balaban J connectivity index is 1.38. The van der Waals surface area contributed by atoms with Crippen LogP contribution in [0.4, 0.5) is 0 Å². The standard InChI is InChI=1S/C22H35NO3/c1-14-7-5-9-21(4)11-16-17(18-22(14,21)26-18)15(19(24)25-16)12-23-10-6-8-20(2,3)13-23/h14-18H,5-13H2,1-4H3/t14-,15-,16+,17+,18+,21+,22-/m0/s1. The van der Waals surface area contributed by atoms with Crippen LogP contribution in [0.25, 0.3) is 0 Å². The number of carbonyl (C=O) groups excluding carboxylic acids is 1. The molecule has 146 valence electrons. The van der Waals surface area contributed by atoms with E-state index in [1.54, 1.807) is 0 Å². The lowest BCUT2D eigenvalue weighted by atomic mass is 9.53. The Kier molecular flexibility index (Phi) is 3.68. The van der Waals surface area contributed by atoms with Gasteiger partial charge in [0.2, 0.25) is 0 Å². The molecule has 3 saturated heterocycles. The van der Waals surface area contributed by atoms with Gasteiger partial charge in [-0.2, -0.15) is 0 Å². The van der Waals surface area contributed by atoms with Crippen molar-refractivity contribution in [1.29, 1.82) is 0 Å². The van der Waals surface area contributed by atoms with Crippen molar-refractivity contribution < 1.29 is 14.3 Å². The maximum atomic E-state index is 12.8. The molecule has 0 amide bonds. The monoisotopic (exact) mass is 361 g/mol. The molecule has 0 unspecified atom stereocenters. The van der Waals surface area contributed by atoms with Gasteiger partial charge in [0.25, 0.3) is 0 Å². The Hall–Kier alpha value is -0.610. The summed E-state index contributed by atoms with van der Waals surface area (Å²) in [5, 5.41) is 0. The Bertz CT molecular complexity index is 619. The third kappa shape index (κ3) is 2.30. The molecule has 0 N–H and O–H groups in total. The van der Waals surface area contributed by atoms with E-state index < -0.39 is 0 Å². The van der Waals surface area contributed by atoms with Gasteiger partial charge in [-0.1, -0.05) is 34.1 Å². The van der Waals surface area contributed by atoms with Crippen molar-refractivity contribution in [1.82, 2.24) is 4.90 Å². The number of rotatable bonds is 2. The molecule has 26 heavy (non-hydrogen) atoms. The fourth-order valence-electron chi connectivity index (χ4n) is 7.42. The second-order valence-electron chi connectivity index (χ2n) is 11.1. The minimum absolute atomic E-state index is 0.0111. The van der Waals surface area contributed by atoms with Gasteiger partial charge < -0.3 is 14.4 Å². The zero-order chi connectivity index (χ0) is 18.3. The molecule has 2 saturated carbocycles. The molecule has 0 aromatic carbocycles. The van der Waals surface area contributed by atoms with E-state index in [9.17, 15) is 4.79 Å². The first-order valence-corrected chi connectivity index (χ1v) is 10.9. The van der Waals surface area contributed by atoms with E-state index in [1.807, 2.05) is 0 Å². The van der Waals surface area contributed by atoms with Crippen molar-refractivity contribution in [3.05, 3.63) is 0 Å². The molecule has 2 aliphatic carbocycles. The average Bonchev–Trinajstić information content (AvgIpc) is 3.22. The first-order chi connectivity index (χ1) is 12.3. The highest BCUT2D eigenvalue weighted by atomic mass is 16.6. The molecule has 0 aromatic rings. The second-order valence-corrected chi connectivity index (χ2v) is 11.1. The van der Waals surface area contributed by atoms with Gasteiger partial charge in [0.15, 0.2) is 0 Å². The van der Waals surface area contributed by atoms with Gasteiger partial charge in [0.05, 0.1) is 12.0 Å². The molecule has 5 aliphatic rings. The van der Waals surface area contributed by atoms with Crippen molar-refractivity contribution in [3.63, 3.8) is 0 Å². The van der Waals surface area contributed by atoms with Gasteiger partial charge in [0, 0.05) is 24.4 Å². The number of ether oxygens (including phenoxy) is 2. The quantitative estimate of drug-likeness (QED) is 0.556. The topological polar surface area (TPSA) is 42.1 Å². The van der Waals surface area contributed by atoms with Gasteiger partial charge >= 0.3 is 5.97 Å². The molecule has 0 bridgehead atoms. The number of likely N-dealkylation sites (tertiary alicyclic amines) is 1. The summed E-state index contributed by atoms with van der Waals surface area (Å²) in [6, 6.07) is 0. The van der Waals surface area contributed by atoms with Crippen LogP contribution in [-0.4, -0.2) is 48.3 Å². The molecule has 0 radical (unpaired) electrons. The predicted octanol–water partition coefficient (Wildman–Crippen LogP) is 3.63. The fourth-order valence-corrected chi connectivity index (χ4v) is 7.42. The summed E-state index contributed by atoms with van der Waals surface area (Å²) in [4.78, 5) is 15.3. The normalized spacial score (nSPS) is 52.6. The summed E-state index contributed by atoms with van der Waals surface area (Å²) < 4.78 is 12.5. The number of piperidine rings is 1. The van der Waals surface area contributed by atoms with Crippen LogP contribution in [0.15, 0.2) is 0 Å². The van der Waals surface area contributed by atoms with Crippen molar-refractivity contribution in [2.45, 2.75) is 84.0 Å². The van der Waals surface area contributed by atoms with Gasteiger partial charge in [-0.05, 0) is 50.0 Å².